The van der Waals surface area contributed by atoms with E-state index in [1.807, 2.05) is 43.3 Å². The first-order valence-electron chi connectivity index (χ1n) is 9.37. The second-order valence-electron chi connectivity index (χ2n) is 6.34. The smallest absolute Gasteiger partial charge is 0.250 e. The van der Waals surface area contributed by atoms with Crippen LogP contribution in [0.2, 0.25) is 5.02 Å². The van der Waals surface area contributed by atoms with E-state index in [2.05, 4.69) is 20.7 Å². The number of hydrazone groups is 1. The summed E-state index contributed by atoms with van der Waals surface area (Å²) in [6.45, 7) is 1.81. The number of hydrogen-bond donors (Lipinski definition) is 1. The predicted molar refractivity (Wildman–Crippen MR) is 132 cm³/mol. The fourth-order valence-corrected chi connectivity index (χ4v) is 5.37. The van der Waals surface area contributed by atoms with Gasteiger partial charge in [-0.25, -0.2) is 5.43 Å². The molecule has 0 atom stereocenters. The molecule has 0 aliphatic rings. The standard InChI is InChI=1S/C21H21ClN4O3S3/c1-13(15-6-9-17(28-2)18(10-15)29-3)23-24-19(27)12-31-21-26-25-20(32-21)30-11-14-4-7-16(22)8-5-14/h4-10H,11-12H2,1-3H3,(H,24,27)/b23-13+. The van der Waals surface area contributed by atoms with Gasteiger partial charge < -0.3 is 9.47 Å². The molecule has 1 aromatic heterocycles. The first-order chi connectivity index (χ1) is 15.5. The lowest BCUT2D eigenvalue weighted by Gasteiger charge is -2.09. The van der Waals surface area contributed by atoms with E-state index in [0.717, 1.165) is 30.6 Å². The molecule has 0 unspecified atom stereocenters. The number of nitrogens with zero attached hydrogens (tertiary/aromatic N) is 3. The topological polar surface area (TPSA) is 85.7 Å². The van der Waals surface area contributed by atoms with Crippen LogP contribution in [0.4, 0.5) is 0 Å². The van der Waals surface area contributed by atoms with Crippen LogP contribution in [0, 0.1) is 0 Å². The minimum absolute atomic E-state index is 0.194. The lowest BCUT2D eigenvalue weighted by molar-refractivity contribution is -0.118. The van der Waals surface area contributed by atoms with E-state index < -0.39 is 0 Å². The number of methoxy groups -OCH3 is 2. The Morgan fingerprint density at radius 1 is 1.06 bits per heavy atom. The molecule has 11 heteroatoms. The number of benzene rings is 2. The predicted octanol–water partition coefficient (Wildman–Crippen LogP) is 5.13. The summed E-state index contributed by atoms with van der Waals surface area (Å²) >= 11 is 10.3. The fourth-order valence-electron chi connectivity index (χ4n) is 2.47. The van der Waals surface area contributed by atoms with Gasteiger partial charge in [0.25, 0.3) is 5.91 Å². The van der Waals surface area contributed by atoms with E-state index in [9.17, 15) is 4.79 Å². The molecular weight excluding hydrogens is 488 g/mol. The Hall–Kier alpha value is -2.27. The van der Waals surface area contributed by atoms with Crippen molar-refractivity contribution in [2.24, 2.45) is 5.10 Å². The molecule has 0 aliphatic carbocycles. The highest BCUT2D eigenvalue weighted by Crippen LogP contribution is 2.31. The van der Waals surface area contributed by atoms with Crippen molar-refractivity contribution in [1.29, 1.82) is 0 Å². The molecule has 0 saturated carbocycles. The van der Waals surface area contributed by atoms with Crippen molar-refractivity contribution >= 4 is 58.1 Å². The van der Waals surface area contributed by atoms with Gasteiger partial charge >= 0.3 is 0 Å². The minimum atomic E-state index is -0.222. The molecule has 0 fully saturated rings. The molecule has 0 radical (unpaired) electrons. The number of rotatable bonds is 10. The molecule has 168 valence electrons. The number of carbonyl (C=O) groups excluding carboxylic acids is 1. The van der Waals surface area contributed by atoms with E-state index in [0.29, 0.717) is 17.2 Å². The van der Waals surface area contributed by atoms with E-state index in [-0.39, 0.29) is 11.7 Å². The summed E-state index contributed by atoms with van der Waals surface area (Å²) in [5, 5.41) is 13.2. The third-order valence-corrected chi connectivity index (χ3v) is 7.65. The molecule has 1 N–H and O–H groups in total. The lowest BCUT2D eigenvalue weighted by Crippen LogP contribution is -2.21. The van der Waals surface area contributed by atoms with Gasteiger partial charge in [0.2, 0.25) is 0 Å². The molecule has 2 aromatic carbocycles. The monoisotopic (exact) mass is 508 g/mol. The van der Waals surface area contributed by atoms with E-state index in [1.54, 1.807) is 32.0 Å². The quantitative estimate of drug-likeness (QED) is 0.231. The van der Waals surface area contributed by atoms with Crippen LogP contribution >= 0.6 is 46.5 Å². The third-order valence-electron chi connectivity index (χ3n) is 4.14. The maximum atomic E-state index is 12.2. The Bertz CT molecular complexity index is 1090. The van der Waals surface area contributed by atoms with Gasteiger partial charge in [0.05, 0.1) is 25.7 Å². The molecule has 1 amide bonds. The Morgan fingerprint density at radius 2 is 1.75 bits per heavy atom. The van der Waals surface area contributed by atoms with Gasteiger partial charge in [-0.15, -0.1) is 10.2 Å². The highest BCUT2D eigenvalue weighted by molar-refractivity contribution is 8.03. The van der Waals surface area contributed by atoms with Gasteiger partial charge in [-0.05, 0) is 42.8 Å². The second-order valence-corrected chi connectivity index (χ2v) is 10.2. The van der Waals surface area contributed by atoms with Crippen molar-refractivity contribution in [2.75, 3.05) is 20.0 Å². The van der Waals surface area contributed by atoms with Crippen molar-refractivity contribution in [2.45, 2.75) is 21.4 Å². The zero-order valence-electron chi connectivity index (χ0n) is 17.6. The van der Waals surface area contributed by atoms with E-state index in [1.165, 1.54) is 23.1 Å². The summed E-state index contributed by atoms with van der Waals surface area (Å²) in [5.74, 6) is 1.98. The molecule has 0 saturated heterocycles. The van der Waals surface area contributed by atoms with Gasteiger partial charge in [0.1, 0.15) is 0 Å². The molecule has 32 heavy (non-hydrogen) atoms. The third kappa shape index (κ3) is 7.13. The summed E-state index contributed by atoms with van der Waals surface area (Å²) in [6, 6.07) is 13.2. The summed E-state index contributed by atoms with van der Waals surface area (Å²) in [6.07, 6.45) is 0. The summed E-state index contributed by atoms with van der Waals surface area (Å²) < 4.78 is 12.1. The van der Waals surface area contributed by atoms with Gasteiger partial charge in [0.15, 0.2) is 20.2 Å². The van der Waals surface area contributed by atoms with Crippen LogP contribution in [-0.2, 0) is 10.5 Å². The molecule has 3 rings (SSSR count). The molecule has 3 aromatic rings. The second kappa shape index (κ2) is 12.1. The molecule has 0 aliphatic heterocycles. The average Bonchev–Trinajstić information content (AvgIpc) is 3.28. The van der Waals surface area contributed by atoms with Crippen molar-refractivity contribution in [3.8, 4) is 11.5 Å². The highest BCUT2D eigenvalue weighted by Gasteiger charge is 2.10. The molecule has 0 bridgehead atoms. The molecule has 1 heterocycles. The number of ether oxygens (including phenoxy) is 2. The van der Waals surface area contributed by atoms with Crippen LogP contribution in [0.15, 0.2) is 56.2 Å². The number of halogens is 1. The van der Waals surface area contributed by atoms with Crippen LogP contribution < -0.4 is 14.9 Å². The van der Waals surface area contributed by atoms with Crippen LogP contribution in [0.1, 0.15) is 18.1 Å². The molecular formula is C21H21ClN4O3S3. The van der Waals surface area contributed by atoms with Crippen LogP contribution in [0.3, 0.4) is 0 Å². The van der Waals surface area contributed by atoms with Gasteiger partial charge in [0, 0.05) is 16.3 Å². The number of nitrogens with one attached hydrogen (secondary N) is 1. The summed E-state index contributed by atoms with van der Waals surface area (Å²) in [4.78, 5) is 12.2. The van der Waals surface area contributed by atoms with Gasteiger partial charge in [-0.1, -0.05) is 58.6 Å². The zero-order chi connectivity index (χ0) is 22.9. The van der Waals surface area contributed by atoms with Gasteiger partial charge in [-0.2, -0.15) is 5.10 Å². The first kappa shape index (κ1) is 24.4. The normalized spacial score (nSPS) is 11.3. The SMILES string of the molecule is COc1ccc(/C(C)=N/NC(=O)CSc2nnc(SCc3ccc(Cl)cc3)s2)cc1OC. The molecule has 7 nitrogen and oxygen atoms in total. The Balaban J connectivity index is 1.47. The zero-order valence-corrected chi connectivity index (χ0v) is 20.8. The van der Waals surface area contributed by atoms with Crippen LogP contribution in [-0.4, -0.2) is 41.8 Å². The van der Waals surface area contributed by atoms with Crippen molar-refractivity contribution in [3.63, 3.8) is 0 Å². The lowest BCUT2D eigenvalue weighted by atomic mass is 10.1. The summed E-state index contributed by atoms with van der Waals surface area (Å²) in [5.41, 5.74) is 5.21. The average molecular weight is 509 g/mol. The largest absolute Gasteiger partial charge is 0.493 e. The van der Waals surface area contributed by atoms with Crippen LogP contribution in [0.5, 0.6) is 11.5 Å². The minimum Gasteiger partial charge on any atom is -0.493 e. The first-order valence-corrected chi connectivity index (χ1v) is 12.5. The Labute approximate surface area is 204 Å². The highest BCUT2D eigenvalue weighted by atomic mass is 35.5. The van der Waals surface area contributed by atoms with E-state index >= 15 is 0 Å². The number of hydrogen-bond acceptors (Lipinski definition) is 9. The Morgan fingerprint density at radius 3 is 2.44 bits per heavy atom. The summed E-state index contributed by atoms with van der Waals surface area (Å²) in [7, 11) is 3.15. The Kier molecular flexibility index (Phi) is 9.22. The maximum Gasteiger partial charge on any atom is 0.250 e. The number of aromatic nitrogens is 2. The van der Waals surface area contributed by atoms with Gasteiger partial charge in [-0.3, -0.25) is 4.79 Å². The van der Waals surface area contributed by atoms with Crippen molar-refractivity contribution in [3.05, 3.63) is 58.6 Å². The van der Waals surface area contributed by atoms with E-state index in [4.69, 9.17) is 21.1 Å². The number of thioether (sulfide) groups is 2. The number of amides is 1. The van der Waals surface area contributed by atoms with Crippen molar-refractivity contribution < 1.29 is 14.3 Å². The molecule has 0 spiro atoms. The van der Waals surface area contributed by atoms with Crippen LogP contribution in [0.25, 0.3) is 0 Å². The maximum absolute atomic E-state index is 12.2. The van der Waals surface area contributed by atoms with Crippen molar-refractivity contribution in [1.82, 2.24) is 15.6 Å². The fraction of sp³-hybridized carbons (Fsp3) is 0.238. The number of carbonyl (C=O) groups is 1.